The molecule has 0 N–H and O–H groups in total. The third-order valence-electron chi connectivity index (χ3n) is 13.7. The highest BCUT2D eigenvalue weighted by Crippen LogP contribution is 2.44. The van der Waals surface area contributed by atoms with Crippen molar-refractivity contribution in [1.82, 2.24) is 9.55 Å². The van der Waals surface area contributed by atoms with Crippen LogP contribution in [0.1, 0.15) is 144 Å². The van der Waals surface area contributed by atoms with Crippen molar-refractivity contribution in [2.24, 2.45) is 0 Å². The maximum atomic E-state index is 7.09. The summed E-state index contributed by atoms with van der Waals surface area (Å²) in [5.74, 6) is 2.48. The first-order valence-electron chi connectivity index (χ1n) is 23.1. The highest BCUT2D eigenvalue weighted by Gasteiger charge is 2.31. The molecular formula is C59H70N4O. The zero-order chi connectivity index (χ0) is 46.3. The maximum Gasteiger partial charge on any atom is 0.137 e. The zero-order valence-electron chi connectivity index (χ0n) is 41.5. The second kappa shape index (κ2) is 15.7. The number of allylic oxidation sites excluding steroid dienone is 2. The standard InChI is InChI=1S/C59H70N4O/c1-38-39(2)62(37-61(38)46-29-43(57(9,10)11)28-44(30-46)58(12,13)14)47-31-45(59(15,16)40-20-18-17-19-21-40)32-49(35-47)64-48-23-24-50-51-33-41(55(3,4)5)22-25-52(51)63(53(50)36-48)54-34-42(26-27-60-54)56(6,7)8/h17-36H,37H2,1-16H3. The Balaban J connectivity index is 1.26. The average molecular weight is 851 g/mol. The predicted octanol–water partition coefficient (Wildman–Crippen LogP) is 16.0. The predicted molar refractivity (Wildman–Crippen MR) is 273 cm³/mol. The molecule has 0 saturated carbocycles. The van der Waals surface area contributed by atoms with Crippen LogP contribution in [-0.4, -0.2) is 16.2 Å². The number of aromatic nitrogens is 2. The van der Waals surface area contributed by atoms with E-state index >= 15 is 0 Å². The minimum absolute atomic E-state index is 0.0105. The van der Waals surface area contributed by atoms with Gasteiger partial charge in [0.05, 0.1) is 17.7 Å². The molecule has 5 aromatic carbocycles. The molecule has 1 aliphatic heterocycles. The van der Waals surface area contributed by atoms with Crippen molar-refractivity contribution in [3.63, 3.8) is 0 Å². The number of hydrogen-bond donors (Lipinski definition) is 0. The number of pyridine rings is 1. The minimum Gasteiger partial charge on any atom is -0.457 e. The van der Waals surface area contributed by atoms with E-state index < -0.39 is 0 Å². The van der Waals surface area contributed by atoms with Crippen LogP contribution < -0.4 is 14.5 Å². The largest absolute Gasteiger partial charge is 0.457 e. The summed E-state index contributed by atoms with van der Waals surface area (Å²) in [7, 11) is 0. The molecule has 8 rings (SSSR count). The molecule has 0 unspecified atom stereocenters. The molecule has 0 aliphatic carbocycles. The van der Waals surface area contributed by atoms with Gasteiger partial charge in [0.2, 0.25) is 0 Å². The van der Waals surface area contributed by atoms with E-state index in [4.69, 9.17) is 9.72 Å². The van der Waals surface area contributed by atoms with Crippen molar-refractivity contribution >= 4 is 33.2 Å². The summed E-state index contributed by atoms with van der Waals surface area (Å²) in [5.41, 5.74) is 14.4. The van der Waals surface area contributed by atoms with Crippen LogP contribution in [0.2, 0.25) is 0 Å². The molecule has 0 atom stereocenters. The Morgan fingerprint density at radius 2 is 1.00 bits per heavy atom. The highest BCUT2D eigenvalue weighted by atomic mass is 16.5. The Hall–Kier alpha value is -5.81. The van der Waals surface area contributed by atoms with Crippen LogP contribution in [0, 0.1) is 0 Å². The molecule has 0 amide bonds. The molecule has 0 spiro atoms. The van der Waals surface area contributed by atoms with Crippen molar-refractivity contribution in [2.45, 2.75) is 138 Å². The van der Waals surface area contributed by atoms with E-state index in [1.165, 1.54) is 61.2 Å². The van der Waals surface area contributed by atoms with Gasteiger partial charge in [-0.1, -0.05) is 139 Å². The molecule has 64 heavy (non-hydrogen) atoms. The molecule has 2 aromatic heterocycles. The quantitative estimate of drug-likeness (QED) is 0.160. The molecule has 1 aliphatic rings. The van der Waals surface area contributed by atoms with Crippen LogP contribution >= 0.6 is 0 Å². The zero-order valence-corrected chi connectivity index (χ0v) is 41.5. The van der Waals surface area contributed by atoms with Gasteiger partial charge in [-0.3, -0.25) is 4.57 Å². The van der Waals surface area contributed by atoms with Gasteiger partial charge in [-0.05, 0) is 130 Å². The Bertz CT molecular complexity index is 2890. The number of rotatable bonds is 7. The Morgan fingerprint density at radius 3 is 1.59 bits per heavy atom. The van der Waals surface area contributed by atoms with E-state index in [1.54, 1.807) is 0 Å². The fraction of sp³-hybridized carbons (Fsp3) is 0.373. The Morgan fingerprint density at radius 1 is 0.438 bits per heavy atom. The molecular weight excluding hydrogens is 781 g/mol. The summed E-state index contributed by atoms with van der Waals surface area (Å²) in [6.45, 7) is 37.3. The topological polar surface area (TPSA) is 33.5 Å². The van der Waals surface area contributed by atoms with E-state index in [0.29, 0.717) is 6.67 Å². The summed E-state index contributed by atoms with van der Waals surface area (Å²) in [6.07, 6.45) is 1.95. The van der Waals surface area contributed by atoms with E-state index in [9.17, 15) is 0 Å². The van der Waals surface area contributed by atoms with Crippen molar-refractivity contribution in [3.05, 3.63) is 166 Å². The maximum absolute atomic E-state index is 7.09. The molecule has 0 saturated heterocycles. The second-order valence-electron chi connectivity index (χ2n) is 22.9. The van der Waals surface area contributed by atoms with Gasteiger partial charge >= 0.3 is 0 Å². The van der Waals surface area contributed by atoms with Gasteiger partial charge in [-0.25, -0.2) is 4.98 Å². The molecule has 5 nitrogen and oxygen atoms in total. The molecule has 0 radical (unpaired) electrons. The smallest absolute Gasteiger partial charge is 0.137 e. The van der Waals surface area contributed by atoms with Crippen LogP contribution in [0.25, 0.3) is 27.6 Å². The normalized spacial score (nSPS) is 14.4. The second-order valence-corrected chi connectivity index (χ2v) is 22.9. The summed E-state index contributed by atoms with van der Waals surface area (Å²) in [4.78, 5) is 9.92. The Labute approximate surface area is 383 Å². The van der Waals surface area contributed by atoms with Crippen molar-refractivity contribution < 1.29 is 4.74 Å². The van der Waals surface area contributed by atoms with Crippen LogP contribution in [0.3, 0.4) is 0 Å². The summed E-state index contributed by atoms with van der Waals surface area (Å²) in [5, 5.41) is 2.39. The van der Waals surface area contributed by atoms with Crippen molar-refractivity contribution in [1.29, 1.82) is 0 Å². The van der Waals surface area contributed by atoms with E-state index in [0.717, 1.165) is 34.0 Å². The first kappa shape index (κ1) is 44.8. The number of anilines is 2. The molecule has 0 bridgehead atoms. The number of nitrogens with zero attached hydrogens (tertiary/aromatic N) is 4. The van der Waals surface area contributed by atoms with Crippen LogP contribution in [0.5, 0.6) is 11.5 Å². The van der Waals surface area contributed by atoms with Crippen LogP contribution in [0.4, 0.5) is 11.4 Å². The molecule has 3 heterocycles. The third-order valence-corrected chi connectivity index (χ3v) is 13.7. The fourth-order valence-electron chi connectivity index (χ4n) is 9.03. The number of ether oxygens (including phenoxy) is 1. The fourth-order valence-corrected chi connectivity index (χ4v) is 9.03. The lowest BCUT2D eigenvalue weighted by molar-refractivity contribution is 0.480. The number of hydrogen-bond acceptors (Lipinski definition) is 4. The minimum atomic E-state index is -0.297. The first-order chi connectivity index (χ1) is 29.8. The van der Waals surface area contributed by atoms with Crippen molar-refractivity contribution in [3.8, 4) is 17.3 Å². The Kier molecular flexibility index (Phi) is 11.0. The van der Waals surface area contributed by atoms with Gasteiger partial charge in [-0.15, -0.1) is 0 Å². The summed E-state index contributed by atoms with van der Waals surface area (Å²) < 4.78 is 9.41. The SMILES string of the molecule is CC1=C(C)N(c2cc(Oc3ccc4c5cc(C(C)(C)C)ccc5n(-c5cc(C(C)(C)C)ccn5)c4c3)cc(C(C)(C)c3ccccc3)c2)CN1c1cc(C(C)(C)C)cc(C(C)(C)C)c1. The van der Waals surface area contributed by atoms with E-state index in [-0.39, 0.29) is 27.1 Å². The van der Waals surface area contributed by atoms with Gasteiger partial charge in [-0.2, -0.15) is 0 Å². The van der Waals surface area contributed by atoms with Gasteiger partial charge in [0.25, 0.3) is 0 Å². The number of fused-ring (bicyclic) bond motifs is 3. The molecule has 7 aromatic rings. The third kappa shape index (κ3) is 8.47. The van der Waals surface area contributed by atoms with E-state index in [2.05, 4.69) is 240 Å². The van der Waals surface area contributed by atoms with Gasteiger partial charge in [0, 0.05) is 57.3 Å². The van der Waals surface area contributed by atoms with E-state index in [1.807, 2.05) is 6.20 Å². The monoisotopic (exact) mass is 851 g/mol. The van der Waals surface area contributed by atoms with Crippen LogP contribution in [-0.2, 0) is 27.1 Å². The lowest BCUT2D eigenvalue weighted by atomic mass is 9.78. The van der Waals surface area contributed by atoms with Gasteiger partial charge < -0.3 is 14.5 Å². The summed E-state index contributed by atoms with van der Waals surface area (Å²) in [6, 6.07) is 42.7. The molecule has 0 fully saturated rings. The van der Waals surface area contributed by atoms with Gasteiger partial charge in [0.1, 0.15) is 17.3 Å². The summed E-state index contributed by atoms with van der Waals surface area (Å²) >= 11 is 0. The molecule has 332 valence electrons. The molecule has 5 heteroatoms. The number of benzene rings is 5. The van der Waals surface area contributed by atoms with Gasteiger partial charge in [0.15, 0.2) is 0 Å². The first-order valence-corrected chi connectivity index (χ1v) is 23.1. The highest BCUT2D eigenvalue weighted by molar-refractivity contribution is 6.09. The lowest BCUT2D eigenvalue weighted by Crippen LogP contribution is -2.28. The lowest BCUT2D eigenvalue weighted by Gasteiger charge is -2.31. The van der Waals surface area contributed by atoms with Crippen molar-refractivity contribution in [2.75, 3.05) is 16.5 Å². The average Bonchev–Trinajstić information content (AvgIpc) is 3.71. The van der Waals surface area contributed by atoms with Crippen LogP contribution in [0.15, 0.2) is 133 Å².